The molecule has 4 aromatic carbocycles. The molecule has 4 aromatic rings. The molecule has 0 N–H and O–H groups in total. The Morgan fingerprint density at radius 1 is 0.672 bits per heavy atom. The smallest absolute Gasteiger partial charge is 0.417 e. The molecule has 6 nitrogen and oxygen atoms in total. The predicted octanol–water partition coefficient (Wildman–Crippen LogP) is 17.5. The number of rotatable bonds is 18. The van der Waals surface area contributed by atoms with E-state index in [1.807, 2.05) is 30.4 Å². The van der Waals surface area contributed by atoms with E-state index in [0.717, 1.165) is 89.3 Å². The zero-order valence-electron chi connectivity index (χ0n) is 41.2. The van der Waals surface area contributed by atoms with Crippen molar-refractivity contribution in [1.29, 1.82) is 0 Å². The molecule has 0 heterocycles. The van der Waals surface area contributed by atoms with Gasteiger partial charge in [-0.1, -0.05) is 129 Å². The van der Waals surface area contributed by atoms with Crippen LogP contribution < -0.4 is 18.1 Å². The van der Waals surface area contributed by atoms with E-state index in [0.29, 0.717) is 29.4 Å². The lowest BCUT2D eigenvalue weighted by molar-refractivity contribution is 0.240. The van der Waals surface area contributed by atoms with Gasteiger partial charge in [0.05, 0.1) is 0 Å². The van der Waals surface area contributed by atoms with Gasteiger partial charge in [-0.15, -0.1) is 0 Å². The van der Waals surface area contributed by atoms with Gasteiger partial charge in [0, 0.05) is 17.6 Å². The van der Waals surface area contributed by atoms with E-state index in [4.69, 9.17) is 27.1 Å². The second-order valence-electron chi connectivity index (χ2n) is 18.1. The van der Waals surface area contributed by atoms with Crippen molar-refractivity contribution < 1.29 is 27.1 Å². The van der Waals surface area contributed by atoms with E-state index < -0.39 is 17.2 Å². The quantitative estimate of drug-likeness (QED) is 0.0563. The molecule has 0 aromatic heterocycles. The van der Waals surface area contributed by atoms with E-state index in [9.17, 15) is 0 Å². The minimum atomic E-state index is -2.05. The van der Waals surface area contributed by atoms with E-state index in [1.54, 1.807) is 0 Å². The molecule has 0 radical (unpaired) electrons. The van der Waals surface area contributed by atoms with Crippen molar-refractivity contribution in [3.05, 3.63) is 181 Å². The molecule has 5 rings (SSSR count). The van der Waals surface area contributed by atoms with Gasteiger partial charge >= 0.3 is 17.2 Å². The molecule has 1 aliphatic rings. The number of allylic oxidation sites excluding steroid dienone is 9. The van der Waals surface area contributed by atoms with Crippen LogP contribution in [0.4, 0.5) is 0 Å². The molecule has 1 aliphatic carbocycles. The summed E-state index contributed by atoms with van der Waals surface area (Å²) in [6.45, 7) is 38.2. The van der Waals surface area contributed by atoms with Gasteiger partial charge in [0.25, 0.3) is 0 Å². The van der Waals surface area contributed by atoms with Crippen LogP contribution in [0.25, 0.3) is 5.57 Å². The SMILES string of the molecule is C=C/C(C)=C(C)\C(=C(/CC(C)C)OP(Oc1ccc(C)cc1C)Oc1ccc(C)cc1C)c1c(C)c(C)cc(C(C)C)c1OP(Oc1ccc(C)cc1C)OC1C=CC=C(C)C=C1C. The summed E-state index contributed by atoms with van der Waals surface area (Å²) in [6, 6.07) is 20.8. The maximum atomic E-state index is 7.38. The Labute approximate surface area is 387 Å². The maximum absolute atomic E-state index is 7.38. The van der Waals surface area contributed by atoms with E-state index >= 15 is 0 Å². The van der Waals surface area contributed by atoms with Gasteiger partial charge in [-0.05, 0) is 163 Å². The molecule has 2 atom stereocenters. The van der Waals surface area contributed by atoms with Crippen molar-refractivity contribution in [2.24, 2.45) is 5.92 Å². The molecule has 2 unspecified atom stereocenters. The summed E-state index contributed by atoms with van der Waals surface area (Å²) < 4.78 is 42.2. The second kappa shape index (κ2) is 22.4. The van der Waals surface area contributed by atoms with Gasteiger partial charge in [0.1, 0.15) is 34.9 Å². The van der Waals surface area contributed by atoms with Crippen molar-refractivity contribution in [2.45, 2.75) is 129 Å². The van der Waals surface area contributed by atoms with E-state index in [2.05, 4.69) is 178 Å². The molecule has 0 saturated heterocycles. The first-order chi connectivity index (χ1) is 30.3. The van der Waals surface area contributed by atoms with Gasteiger partial charge in [0.15, 0.2) is 0 Å². The van der Waals surface area contributed by atoms with E-state index in [1.165, 1.54) is 0 Å². The van der Waals surface area contributed by atoms with Crippen LogP contribution in [-0.4, -0.2) is 6.10 Å². The fourth-order valence-electron chi connectivity index (χ4n) is 7.58. The summed E-state index contributed by atoms with van der Waals surface area (Å²) in [7, 11) is -4.09. The Bertz CT molecular complexity index is 2450. The highest BCUT2D eigenvalue weighted by molar-refractivity contribution is 7.43. The average molecular weight is 901 g/mol. The van der Waals surface area contributed by atoms with Gasteiger partial charge < -0.3 is 22.6 Å². The molecule has 8 heteroatoms. The third-order valence-electron chi connectivity index (χ3n) is 11.5. The number of aryl methyl sites for hydroxylation is 7. The van der Waals surface area contributed by atoms with Crippen LogP contribution in [0.15, 0.2) is 126 Å². The fourth-order valence-corrected chi connectivity index (χ4v) is 10.0. The van der Waals surface area contributed by atoms with Crippen LogP contribution in [0.1, 0.15) is 123 Å². The van der Waals surface area contributed by atoms with Crippen molar-refractivity contribution >= 4 is 22.8 Å². The topological polar surface area (TPSA) is 55.4 Å². The third-order valence-corrected chi connectivity index (χ3v) is 13.6. The Kier molecular flexibility index (Phi) is 17.5. The molecule has 0 saturated carbocycles. The van der Waals surface area contributed by atoms with Crippen molar-refractivity contribution in [3.63, 3.8) is 0 Å². The summed E-state index contributed by atoms with van der Waals surface area (Å²) in [5.74, 6) is 3.81. The average Bonchev–Trinajstić information content (AvgIpc) is 3.37. The van der Waals surface area contributed by atoms with Crippen molar-refractivity contribution in [2.75, 3.05) is 0 Å². The number of hydrogen-bond acceptors (Lipinski definition) is 6. The van der Waals surface area contributed by atoms with Crippen LogP contribution in [0.2, 0.25) is 0 Å². The largest absolute Gasteiger partial charge is 0.529 e. The molecule has 64 heavy (non-hydrogen) atoms. The molecular weight excluding hydrogens is 831 g/mol. The zero-order chi connectivity index (χ0) is 47.0. The fraction of sp³-hybridized carbons (Fsp3) is 0.357. The molecule has 0 fully saturated rings. The predicted molar refractivity (Wildman–Crippen MR) is 272 cm³/mol. The Balaban J connectivity index is 1.81. The molecule has 0 aliphatic heterocycles. The molecule has 0 bridgehead atoms. The Morgan fingerprint density at radius 2 is 1.19 bits per heavy atom. The highest BCUT2D eigenvalue weighted by atomic mass is 31.2. The van der Waals surface area contributed by atoms with Crippen LogP contribution in [0.5, 0.6) is 23.0 Å². The highest BCUT2D eigenvalue weighted by Crippen LogP contribution is 2.54. The molecular formula is C56H70O6P2. The molecule has 0 amide bonds. The van der Waals surface area contributed by atoms with Gasteiger partial charge in [0.2, 0.25) is 0 Å². The van der Waals surface area contributed by atoms with Crippen LogP contribution in [-0.2, 0) is 9.05 Å². The first-order valence-corrected chi connectivity index (χ1v) is 24.5. The lowest BCUT2D eigenvalue weighted by Crippen LogP contribution is -2.15. The normalized spacial score (nSPS) is 15.3. The first kappa shape index (κ1) is 50.1. The summed E-state index contributed by atoms with van der Waals surface area (Å²) in [6.07, 6.45) is 10.5. The highest BCUT2D eigenvalue weighted by Gasteiger charge is 2.33. The first-order valence-electron chi connectivity index (χ1n) is 22.4. The van der Waals surface area contributed by atoms with Crippen LogP contribution in [0.3, 0.4) is 0 Å². The molecule has 340 valence electrons. The summed E-state index contributed by atoms with van der Waals surface area (Å²) in [5, 5.41) is 0. The second-order valence-corrected chi connectivity index (χ2v) is 20.1. The maximum Gasteiger partial charge on any atom is 0.529 e. The lowest BCUT2D eigenvalue weighted by atomic mass is 9.84. The summed E-state index contributed by atoms with van der Waals surface area (Å²) >= 11 is 0. The number of hydrogen-bond donors (Lipinski definition) is 0. The Hall–Kier alpha value is -4.86. The van der Waals surface area contributed by atoms with Crippen molar-refractivity contribution in [1.82, 2.24) is 0 Å². The van der Waals surface area contributed by atoms with E-state index in [-0.39, 0.29) is 17.9 Å². The number of benzene rings is 4. The van der Waals surface area contributed by atoms with Gasteiger partial charge in [-0.3, -0.25) is 4.52 Å². The minimum Gasteiger partial charge on any atom is -0.417 e. The monoisotopic (exact) mass is 900 g/mol. The van der Waals surface area contributed by atoms with Crippen LogP contribution >= 0.6 is 17.2 Å². The Morgan fingerprint density at radius 3 is 1.66 bits per heavy atom. The standard InChI is InChI=1S/C56H70O6P2/c1-18-40(10)46(16)54(53(28-34(2)3)61-63(58-50-25-22-37(7)30-43(50)13)59-51-26-23-38(8)31-44(51)14)55-47(17)41(11)33-48(35(4)5)56(55)62-64(60-52-27-24-39(9)32-45(52)15)57-49-21-19-20-36(6)29-42(49)12/h18-27,29-35,49H,1,28H2,2-17H3/b46-40-,54-53-. The molecule has 0 spiro atoms. The lowest BCUT2D eigenvalue weighted by Gasteiger charge is -2.30. The van der Waals surface area contributed by atoms with Gasteiger partial charge in [-0.2, -0.15) is 0 Å². The van der Waals surface area contributed by atoms with Gasteiger partial charge in [-0.25, -0.2) is 0 Å². The summed E-state index contributed by atoms with van der Waals surface area (Å²) in [4.78, 5) is 0. The van der Waals surface area contributed by atoms with Crippen molar-refractivity contribution in [3.8, 4) is 23.0 Å². The summed E-state index contributed by atoms with van der Waals surface area (Å²) in [5.41, 5.74) is 15.7. The zero-order valence-corrected chi connectivity index (χ0v) is 42.9. The van der Waals surface area contributed by atoms with Crippen LogP contribution in [0, 0.1) is 61.3 Å². The third kappa shape index (κ3) is 12.9. The minimum absolute atomic E-state index is 0.0792.